The van der Waals surface area contributed by atoms with Gasteiger partial charge in [-0.3, -0.25) is 9.88 Å². The van der Waals surface area contributed by atoms with Crippen molar-refractivity contribution in [3.63, 3.8) is 0 Å². The van der Waals surface area contributed by atoms with Gasteiger partial charge in [-0.1, -0.05) is 18.2 Å². The Labute approximate surface area is 252 Å². The summed E-state index contributed by atoms with van der Waals surface area (Å²) < 4.78 is 20.1. The number of rotatable bonds is 8. The number of piperazine rings is 1. The van der Waals surface area contributed by atoms with E-state index in [9.17, 15) is 4.39 Å². The van der Waals surface area contributed by atoms with Crippen molar-refractivity contribution in [3.8, 4) is 16.9 Å². The molecule has 43 heavy (non-hydrogen) atoms. The van der Waals surface area contributed by atoms with E-state index in [4.69, 9.17) is 4.74 Å². The molecular formula is C33H39FN8O. The van der Waals surface area contributed by atoms with Crippen LogP contribution in [0.4, 0.5) is 33.1 Å². The van der Waals surface area contributed by atoms with Gasteiger partial charge >= 0.3 is 0 Å². The fraction of sp³-hybridized carbons (Fsp3) is 0.364. The molecule has 2 N–H and O–H groups in total. The summed E-state index contributed by atoms with van der Waals surface area (Å²) in [5.41, 5.74) is 5.10. The second-order valence-electron chi connectivity index (χ2n) is 11.4. The predicted octanol–water partition coefficient (Wildman–Crippen LogP) is 5.70. The Balaban J connectivity index is 1.13. The average Bonchev–Trinajstić information content (AvgIpc) is 3.02. The third-order valence-corrected chi connectivity index (χ3v) is 8.50. The fourth-order valence-corrected chi connectivity index (χ4v) is 6.07. The molecule has 0 aliphatic carbocycles. The van der Waals surface area contributed by atoms with Crippen molar-refractivity contribution in [1.82, 2.24) is 24.8 Å². The largest absolute Gasteiger partial charge is 0.494 e. The van der Waals surface area contributed by atoms with Crippen LogP contribution < -0.4 is 20.3 Å². The number of ether oxygens (including phenoxy) is 1. The number of aromatic nitrogens is 3. The average molecular weight is 583 g/mol. The van der Waals surface area contributed by atoms with Crippen molar-refractivity contribution < 1.29 is 9.13 Å². The molecule has 6 rings (SSSR count). The smallest absolute Gasteiger partial charge is 0.144 e. The molecule has 2 aliphatic rings. The summed E-state index contributed by atoms with van der Waals surface area (Å²) in [7, 11) is 3.91. The number of piperidine rings is 1. The Kier molecular flexibility index (Phi) is 8.67. The first kappa shape index (κ1) is 28.8. The highest BCUT2D eigenvalue weighted by atomic mass is 19.1. The lowest BCUT2D eigenvalue weighted by Gasteiger charge is -2.43. The Hall–Kier alpha value is -4.28. The highest BCUT2D eigenvalue weighted by Crippen LogP contribution is 2.36. The van der Waals surface area contributed by atoms with Crippen molar-refractivity contribution in [1.29, 1.82) is 0 Å². The van der Waals surface area contributed by atoms with Crippen LogP contribution in [0.3, 0.4) is 0 Å². The summed E-state index contributed by atoms with van der Waals surface area (Å²) in [5, 5.41) is 6.67. The van der Waals surface area contributed by atoms with Crippen molar-refractivity contribution in [3.05, 3.63) is 78.6 Å². The molecule has 10 heteroatoms. The number of halogens is 1. The van der Waals surface area contributed by atoms with Gasteiger partial charge in [0.25, 0.3) is 0 Å². The summed E-state index contributed by atoms with van der Waals surface area (Å²) >= 11 is 0. The van der Waals surface area contributed by atoms with Gasteiger partial charge in [-0.05, 0) is 50.6 Å². The molecule has 2 saturated heterocycles. The molecule has 0 spiro atoms. The van der Waals surface area contributed by atoms with Gasteiger partial charge in [-0.25, -0.2) is 14.4 Å². The Morgan fingerprint density at radius 3 is 2.37 bits per heavy atom. The molecule has 0 atom stereocenters. The van der Waals surface area contributed by atoms with Crippen LogP contribution in [0.25, 0.3) is 11.1 Å². The number of benzene rings is 2. The summed E-state index contributed by atoms with van der Waals surface area (Å²) in [6.07, 6.45) is 7.18. The van der Waals surface area contributed by atoms with Crippen LogP contribution in [0, 0.1) is 12.7 Å². The van der Waals surface area contributed by atoms with Crippen LogP contribution in [-0.4, -0.2) is 84.2 Å². The van der Waals surface area contributed by atoms with Crippen molar-refractivity contribution in [2.75, 3.05) is 69.0 Å². The van der Waals surface area contributed by atoms with Crippen LogP contribution in [0.15, 0.2) is 67.3 Å². The minimum absolute atomic E-state index is 0.291. The molecule has 2 fully saturated rings. The quantitative estimate of drug-likeness (QED) is 0.272. The summed E-state index contributed by atoms with van der Waals surface area (Å²) in [5.74, 6) is 1.67. The zero-order valence-corrected chi connectivity index (χ0v) is 25.1. The van der Waals surface area contributed by atoms with Crippen LogP contribution >= 0.6 is 0 Å². The first-order chi connectivity index (χ1) is 21.0. The molecule has 4 heterocycles. The highest BCUT2D eigenvalue weighted by molar-refractivity contribution is 5.74. The van der Waals surface area contributed by atoms with Gasteiger partial charge < -0.3 is 25.2 Å². The number of hydrogen-bond acceptors (Lipinski definition) is 9. The number of aryl methyl sites for hydroxylation is 1. The number of likely N-dealkylation sites (N-methyl/N-ethyl adjacent to an activating group) is 1. The van der Waals surface area contributed by atoms with Crippen molar-refractivity contribution >= 4 is 28.7 Å². The summed E-state index contributed by atoms with van der Waals surface area (Å²) in [6.45, 7) is 8.90. The molecule has 2 aromatic carbocycles. The van der Waals surface area contributed by atoms with Gasteiger partial charge in [0.2, 0.25) is 0 Å². The van der Waals surface area contributed by atoms with E-state index >= 15 is 0 Å². The maximum atomic E-state index is 14.3. The number of pyridine rings is 1. The molecular weight excluding hydrogens is 543 g/mol. The number of nitrogens with zero attached hydrogens (tertiary/aromatic N) is 6. The second kappa shape index (κ2) is 12.9. The first-order valence-corrected chi connectivity index (χ1v) is 14.9. The first-order valence-electron chi connectivity index (χ1n) is 14.9. The van der Waals surface area contributed by atoms with E-state index in [-0.39, 0.29) is 5.82 Å². The monoisotopic (exact) mass is 582 g/mol. The Morgan fingerprint density at radius 1 is 0.884 bits per heavy atom. The Morgan fingerprint density at radius 2 is 1.63 bits per heavy atom. The molecule has 0 unspecified atom stereocenters. The van der Waals surface area contributed by atoms with Crippen molar-refractivity contribution in [2.45, 2.75) is 25.8 Å². The number of nitrogens with one attached hydrogen (secondary N) is 2. The van der Waals surface area contributed by atoms with E-state index in [0.717, 1.165) is 37.6 Å². The van der Waals surface area contributed by atoms with Gasteiger partial charge in [0, 0.05) is 80.5 Å². The maximum Gasteiger partial charge on any atom is 0.144 e. The van der Waals surface area contributed by atoms with Gasteiger partial charge in [0.15, 0.2) is 0 Å². The standard InChI is InChI=1S/C33H39FN8O/c1-23-16-29(31(43-3)18-30(23)42-10-8-26(9-11-42)41-14-12-40(2)13-15-41)39-33-19-32(36-22-37-33)38-25-17-24(20-35-21-25)27-6-4-5-7-28(27)34/h4-7,16-22,26H,8-15H2,1-3H3,(H2,36,37,38,39). The normalized spacial score (nSPS) is 16.7. The van der Waals surface area contributed by atoms with Crippen LogP contribution in [0.5, 0.6) is 5.75 Å². The molecule has 0 saturated carbocycles. The zero-order valence-electron chi connectivity index (χ0n) is 25.1. The molecule has 224 valence electrons. The lowest BCUT2D eigenvalue weighted by molar-refractivity contribution is 0.0982. The highest BCUT2D eigenvalue weighted by Gasteiger charge is 2.27. The summed E-state index contributed by atoms with van der Waals surface area (Å²) in [4.78, 5) is 20.7. The molecule has 9 nitrogen and oxygen atoms in total. The predicted molar refractivity (Wildman–Crippen MR) is 170 cm³/mol. The number of methoxy groups -OCH3 is 1. The van der Waals surface area contributed by atoms with Crippen LogP contribution in [-0.2, 0) is 0 Å². The van der Waals surface area contributed by atoms with E-state index in [2.05, 4.69) is 66.4 Å². The lowest BCUT2D eigenvalue weighted by Crippen LogP contribution is -2.52. The van der Waals surface area contributed by atoms with Crippen molar-refractivity contribution in [2.24, 2.45) is 0 Å². The van der Waals surface area contributed by atoms with Gasteiger partial charge in [-0.15, -0.1) is 0 Å². The SMILES string of the molecule is COc1cc(N2CCC(N3CCN(C)CC3)CC2)c(C)cc1Nc1cc(Nc2cncc(-c3ccccc3F)c2)ncn1. The maximum absolute atomic E-state index is 14.3. The van der Waals surface area contributed by atoms with Crippen LogP contribution in [0.1, 0.15) is 18.4 Å². The van der Waals surface area contributed by atoms with E-state index in [1.165, 1.54) is 49.6 Å². The van der Waals surface area contributed by atoms with E-state index in [0.29, 0.717) is 34.5 Å². The van der Waals surface area contributed by atoms with Gasteiger partial charge in [0.1, 0.15) is 29.5 Å². The zero-order chi connectivity index (χ0) is 29.8. The number of hydrogen-bond donors (Lipinski definition) is 2. The third kappa shape index (κ3) is 6.71. The summed E-state index contributed by atoms with van der Waals surface area (Å²) in [6, 6.07) is 15.3. The molecule has 0 bridgehead atoms. The second-order valence-corrected chi connectivity index (χ2v) is 11.4. The minimum atomic E-state index is -0.291. The molecule has 2 aromatic heterocycles. The molecule has 0 amide bonds. The lowest BCUT2D eigenvalue weighted by atomic mass is 10.0. The van der Waals surface area contributed by atoms with E-state index in [1.54, 1.807) is 37.7 Å². The molecule has 2 aliphatic heterocycles. The van der Waals surface area contributed by atoms with Crippen LogP contribution in [0.2, 0.25) is 0 Å². The fourth-order valence-electron chi connectivity index (χ4n) is 6.07. The Bertz CT molecular complexity index is 1550. The van der Waals surface area contributed by atoms with E-state index in [1.807, 2.05) is 12.1 Å². The third-order valence-electron chi connectivity index (χ3n) is 8.50. The van der Waals surface area contributed by atoms with E-state index < -0.39 is 0 Å². The topological polar surface area (TPSA) is 81.7 Å². The molecule has 0 radical (unpaired) electrons. The van der Waals surface area contributed by atoms with Gasteiger partial charge in [0.05, 0.1) is 24.7 Å². The molecule has 4 aromatic rings. The van der Waals surface area contributed by atoms with Gasteiger partial charge in [-0.2, -0.15) is 0 Å². The minimum Gasteiger partial charge on any atom is -0.494 e. The number of anilines is 5.